The van der Waals surface area contributed by atoms with E-state index in [2.05, 4.69) is 4.90 Å². The molecule has 21 heavy (non-hydrogen) atoms. The third-order valence-corrected chi connectivity index (χ3v) is 3.33. The Kier molecular flexibility index (Phi) is 5.46. The number of hydrogen-bond donors (Lipinski definition) is 1. The lowest BCUT2D eigenvalue weighted by atomic mass is 10.2. The van der Waals surface area contributed by atoms with Crippen LogP contribution in [-0.4, -0.2) is 27.3 Å². The van der Waals surface area contributed by atoms with E-state index < -0.39 is 0 Å². The molecule has 4 heteroatoms. The van der Waals surface area contributed by atoms with Gasteiger partial charge in [-0.2, -0.15) is 0 Å². The molecule has 0 saturated heterocycles. The first kappa shape index (κ1) is 15.2. The number of likely N-dealkylation sites (N-methyl/N-ethyl adjacent to an activating group) is 1. The Balaban J connectivity index is 1.90. The highest BCUT2D eigenvalue weighted by Gasteiger charge is 2.07. The summed E-state index contributed by atoms with van der Waals surface area (Å²) in [6.07, 6.45) is 0. The van der Waals surface area contributed by atoms with E-state index in [1.165, 1.54) is 0 Å². The van der Waals surface area contributed by atoms with Gasteiger partial charge in [0.1, 0.15) is 18.1 Å². The fourth-order valence-corrected chi connectivity index (χ4v) is 2.13. The van der Waals surface area contributed by atoms with E-state index in [0.29, 0.717) is 13.2 Å². The number of methoxy groups -OCH3 is 1. The molecule has 0 saturated carbocycles. The van der Waals surface area contributed by atoms with Crippen LogP contribution in [0.15, 0.2) is 48.5 Å². The average Bonchev–Trinajstić information content (AvgIpc) is 2.55. The van der Waals surface area contributed by atoms with E-state index in [4.69, 9.17) is 15.2 Å². The molecule has 2 aromatic carbocycles. The third kappa shape index (κ3) is 4.13. The number of nitrogens with two attached hydrogens (primary N) is 1. The summed E-state index contributed by atoms with van der Waals surface area (Å²) in [5.74, 6) is 1.72. The van der Waals surface area contributed by atoms with Crippen LogP contribution in [0.2, 0.25) is 0 Å². The molecule has 0 amide bonds. The topological polar surface area (TPSA) is 47.7 Å². The minimum Gasteiger partial charge on any atom is -0.495 e. The zero-order chi connectivity index (χ0) is 15.1. The summed E-state index contributed by atoms with van der Waals surface area (Å²) < 4.78 is 11.1. The molecular formula is C17H22N2O2. The SMILES string of the molecule is COc1ccccc1N(C)CCOc1cccc(CN)c1. The molecule has 0 radical (unpaired) electrons. The molecule has 112 valence electrons. The molecule has 0 unspecified atom stereocenters. The largest absolute Gasteiger partial charge is 0.495 e. The van der Waals surface area contributed by atoms with Crippen LogP contribution >= 0.6 is 0 Å². The summed E-state index contributed by atoms with van der Waals surface area (Å²) in [6, 6.07) is 15.8. The molecule has 0 aliphatic carbocycles. The van der Waals surface area contributed by atoms with Gasteiger partial charge in [0, 0.05) is 13.6 Å². The summed E-state index contributed by atoms with van der Waals surface area (Å²) in [4.78, 5) is 2.12. The Morgan fingerprint density at radius 1 is 1.10 bits per heavy atom. The maximum Gasteiger partial charge on any atom is 0.142 e. The number of nitrogens with zero attached hydrogens (tertiary/aromatic N) is 1. The van der Waals surface area contributed by atoms with Crippen molar-refractivity contribution in [1.29, 1.82) is 0 Å². The standard InChI is InChI=1S/C17H22N2O2/c1-19(16-8-3-4-9-17(16)20-2)10-11-21-15-7-5-6-14(12-15)13-18/h3-9,12H,10-11,13,18H2,1-2H3. The van der Waals surface area contributed by atoms with Crippen LogP contribution in [0.25, 0.3) is 0 Å². The minimum absolute atomic E-state index is 0.526. The maximum atomic E-state index is 5.78. The van der Waals surface area contributed by atoms with E-state index in [9.17, 15) is 0 Å². The highest BCUT2D eigenvalue weighted by Crippen LogP contribution is 2.26. The van der Waals surface area contributed by atoms with Crippen LogP contribution in [0.5, 0.6) is 11.5 Å². The van der Waals surface area contributed by atoms with E-state index in [1.54, 1.807) is 7.11 Å². The zero-order valence-electron chi connectivity index (χ0n) is 12.6. The molecule has 2 aromatic rings. The van der Waals surface area contributed by atoms with Crippen molar-refractivity contribution in [3.63, 3.8) is 0 Å². The fourth-order valence-electron chi connectivity index (χ4n) is 2.13. The van der Waals surface area contributed by atoms with Gasteiger partial charge in [0.15, 0.2) is 0 Å². The van der Waals surface area contributed by atoms with E-state index >= 15 is 0 Å². The van der Waals surface area contributed by atoms with Gasteiger partial charge >= 0.3 is 0 Å². The average molecular weight is 286 g/mol. The summed E-state index contributed by atoms with van der Waals surface area (Å²) >= 11 is 0. The number of benzene rings is 2. The molecule has 0 fully saturated rings. The fraction of sp³-hybridized carbons (Fsp3) is 0.294. The van der Waals surface area contributed by atoms with Gasteiger partial charge in [-0.1, -0.05) is 24.3 Å². The lowest BCUT2D eigenvalue weighted by molar-refractivity contribution is 0.325. The Hall–Kier alpha value is -2.20. The molecule has 0 spiro atoms. The molecule has 2 N–H and O–H groups in total. The first-order chi connectivity index (χ1) is 10.2. The molecule has 0 atom stereocenters. The van der Waals surface area contributed by atoms with Gasteiger partial charge in [0.2, 0.25) is 0 Å². The number of ether oxygens (including phenoxy) is 2. The van der Waals surface area contributed by atoms with Crippen molar-refractivity contribution in [3.8, 4) is 11.5 Å². The first-order valence-corrected chi connectivity index (χ1v) is 7.00. The van der Waals surface area contributed by atoms with Gasteiger partial charge in [-0.3, -0.25) is 0 Å². The van der Waals surface area contributed by atoms with Gasteiger partial charge in [-0.15, -0.1) is 0 Å². The summed E-state index contributed by atoms with van der Waals surface area (Å²) in [5.41, 5.74) is 7.76. The Morgan fingerprint density at radius 3 is 2.67 bits per heavy atom. The van der Waals surface area contributed by atoms with Crippen LogP contribution in [-0.2, 0) is 6.54 Å². The number of anilines is 1. The zero-order valence-corrected chi connectivity index (χ0v) is 12.6. The Bertz CT molecular complexity index is 572. The van der Waals surface area contributed by atoms with Crippen molar-refractivity contribution in [3.05, 3.63) is 54.1 Å². The monoisotopic (exact) mass is 286 g/mol. The number of rotatable bonds is 7. The van der Waals surface area contributed by atoms with E-state index in [-0.39, 0.29) is 0 Å². The molecule has 0 heterocycles. The quantitative estimate of drug-likeness (QED) is 0.850. The second-order valence-corrected chi connectivity index (χ2v) is 4.79. The molecule has 0 aliphatic heterocycles. The van der Waals surface area contributed by atoms with Crippen LogP contribution in [0.3, 0.4) is 0 Å². The molecule has 0 aromatic heterocycles. The van der Waals surface area contributed by atoms with Crippen LogP contribution in [0.1, 0.15) is 5.56 Å². The minimum atomic E-state index is 0.526. The third-order valence-electron chi connectivity index (χ3n) is 3.33. The summed E-state index contributed by atoms with van der Waals surface area (Å²) in [5, 5.41) is 0. The van der Waals surface area contributed by atoms with E-state index in [1.807, 2.05) is 55.6 Å². The van der Waals surface area contributed by atoms with Gasteiger partial charge < -0.3 is 20.1 Å². The lowest BCUT2D eigenvalue weighted by Crippen LogP contribution is -2.24. The Labute approximate surface area is 126 Å². The maximum absolute atomic E-state index is 5.78. The molecule has 0 aliphatic rings. The van der Waals surface area contributed by atoms with Gasteiger partial charge in [0.25, 0.3) is 0 Å². The van der Waals surface area contributed by atoms with Crippen molar-refractivity contribution < 1.29 is 9.47 Å². The lowest BCUT2D eigenvalue weighted by Gasteiger charge is -2.21. The van der Waals surface area contributed by atoms with Gasteiger partial charge in [-0.05, 0) is 29.8 Å². The van der Waals surface area contributed by atoms with Crippen LogP contribution in [0, 0.1) is 0 Å². The second kappa shape index (κ2) is 7.55. The summed E-state index contributed by atoms with van der Waals surface area (Å²) in [6.45, 7) is 1.90. The number of para-hydroxylation sites is 2. The van der Waals surface area contributed by atoms with Gasteiger partial charge in [-0.25, -0.2) is 0 Å². The van der Waals surface area contributed by atoms with Crippen LogP contribution < -0.4 is 20.1 Å². The molecule has 4 nitrogen and oxygen atoms in total. The highest BCUT2D eigenvalue weighted by atomic mass is 16.5. The smallest absolute Gasteiger partial charge is 0.142 e. The second-order valence-electron chi connectivity index (χ2n) is 4.79. The predicted molar refractivity (Wildman–Crippen MR) is 86.1 cm³/mol. The molecular weight excluding hydrogens is 264 g/mol. The summed E-state index contributed by atoms with van der Waals surface area (Å²) in [7, 11) is 3.71. The molecule has 2 rings (SSSR count). The van der Waals surface area contributed by atoms with Crippen molar-refractivity contribution in [2.45, 2.75) is 6.54 Å². The normalized spacial score (nSPS) is 10.2. The first-order valence-electron chi connectivity index (χ1n) is 7.00. The Morgan fingerprint density at radius 2 is 1.90 bits per heavy atom. The van der Waals surface area contributed by atoms with Gasteiger partial charge in [0.05, 0.1) is 19.3 Å². The number of hydrogen-bond acceptors (Lipinski definition) is 4. The van der Waals surface area contributed by atoms with Crippen LogP contribution in [0.4, 0.5) is 5.69 Å². The van der Waals surface area contributed by atoms with E-state index in [0.717, 1.165) is 29.3 Å². The van der Waals surface area contributed by atoms with Crippen molar-refractivity contribution >= 4 is 5.69 Å². The molecule has 0 bridgehead atoms. The van der Waals surface area contributed by atoms with Crippen molar-refractivity contribution in [2.75, 3.05) is 32.2 Å². The predicted octanol–water partition coefficient (Wildman–Crippen LogP) is 2.67. The van der Waals surface area contributed by atoms with Crippen molar-refractivity contribution in [2.24, 2.45) is 5.73 Å². The van der Waals surface area contributed by atoms with Crippen molar-refractivity contribution in [1.82, 2.24) is 0 Å². The highest BCUT2D eigenvalue weighted by molar-refractivity contribution is 5.57.